The van der Waals surface area contributed by atoms with E-state index in [9.17, 15) is 0 Å². The van der Waals surface area contributed by atoms with Crippen LogP contribution in [0.4, 0.5) is 6.01 Å². The molecule has 0 amide bonds. The first kappa shape index (κ1) is 21.2. The van der Waals surface area contributed by atoms with Crippen molar-refractivity contribution in [3.8, 4) is 23.0 Å². The summed E-state index contributed by atoms with van der Waals surface area (Å²) in [5.74, 6) is 1.88. The van der Waals surface area contributed by atoms with E-state index < -0.39 is 0 Å². The molecule has 1 atom stereocenters. The van der Waals surface area contributed by atoms with Crippen LogP contribution in [0.2, 0.25) is 0 Å². The highest BCUT2D eigenvalue weighted by Gasteiger charge is 2.25. The van der Waals surface area contributed by atoms with Gasteiger partial charge in [-0.3, -0.25) is 5.43 Å². The molecule has 11 nitrogen and oxygen atoms in total. The van der Waals surface area contributed by atoms with Crippen molar-refractivity contribution in [1.29, 1.82) is 0 Å². The number of oxazole rings is 1. The van der Waals surface area contributed by atoms with E-state index in [0.29, 0.717) is 53.5 Å². The quantitative estimate of drug-likeness (QED) is 0.416. The molecule has 5 heterocycles. The molecule has 34 heavy (non-hydrogen) atoms. The average molecular weight is 486 g/mol. The third-order valence-electron chi connectivity index (χ3n) is 5.60. The Morgan fingerprint density at radius 3 is 2.85 bits per heavy atom. The molecule has 1 aromatic carbocycles. The van der Waals surface area contributed by atoms with E-state index in [1.807, 2.05) is 29.1 Å². The maximum absolute atomic E-state index is 6.12. The van der Waals surface area contributed by atoms with Crippen LogP contribution in [-0.2, 0) is 16.1 Å². The Bertz CT molecular complexity index is 1290. The average Bonchev–Trinajstić information content (AvgIpc) is 3.65. The molecular formula is C22H23N5O6S. The summed E-state index contributed by atoms with van der Waals surface area (Å²) in [6.07, 6.45) is 3.49. The Hall–Kier alpha value is -3.35. The Morgan fingerprint density at radius 1 is 1.18 bits per heavy atom. The molecule has 2 aliphatic rings. The van der Waals surface area contributed by atoms with E-state index in [1.165, 1.54) is 11.8 Å². The van der Waals surface area contributed by atoms with Gasteiger partial charge < -0.3 is 32.7 Å². The lowest BCUT2D eigenvalue weighted by molar-refractivity contribution is 0.120. The summed E-state index contributed by atoms with van der Waals surface area (Å²) in [5.41, 5.74) is 5.07. The number of ether oxygens (including phenoxy) is 4. The number of rotatable bonds is 7. The number of nitrogens with one attached hydrogen (secondary N) is 1. The molecule has 0 bridgehead atoms. The number of furan rings is 1. The number of anilines is 1. The lowest BCUT2D eigenvalue weighted by Gasteiger charge is -2.24. The third-order valence-corrected chi connectivity index (χ3v) is 6.61. The summed E-state index contributed by atoms with van der Waals surface area (Å²) in [4.78, 5) is 11.3. The maximum Gasteiger partial charge on any atom is 0.297 e. The highest BCUT2D eigenvalue weighted by Crippen LogP contribution is 2.38. The number of morpholine rings is 1. The van der Waals surface area contributed by atoms with Gasteiger partial charge in [0.1, 0.15) is 41.3 Å². The lowest BCUT2D eigenvalue weighted by Crippen LogP contribution is -2.36. The smallest absolute Gasteiger partial charge is 0.297 e. The number of nitrogens with zero attached hydrogens (tertiary/aromatic N) is 4. The zero-order chi connectivity index (χ0) is 23.1. The van der Waals surface area contributed by atoms with Gasteiger partial charge in [0.15, 0.2) is 16.5 Å². The van der Waals surface area contributed by atoms with Gasteiger partial charge in [0, 0.05) is 32.3 Å². The van der Waals surface area contributed by atoms with Crippen LogP contribution in [0.15, 0.2) is 44.6 Å². The number of aromatic nitrogens is 3. The van der Waals surface area contributed by atoms with Crippen LogP contribution in [0.5, 0.6) is 11.5 Å². The highest BCUT2D eigenvalue weighted by molar-refractivity contribution is 7.99. The van der Waals surface area contributed by atoms with E-state index >= 15 is 0 Å². The lowest BCUT2D eigenvalue weighted by atomic mass is 10.2. The predicted octanol–water partition coefficient (Wildman–Crippen LogP) is 3.29. The van der Waals surface area contributed by atoms with Crippen LogP contribution in [0.1, 0.15) is 5.69 Å². The van der Waals surface area contributed by atoms with Crippen molar-refractivity contribution in [2.75, 3.05) is 50.8 Å². The second kappa shape index (κ2) is 8.78. The molecule has 1 saturated heterocycles. The predicted molar refractivity (Wildman–Crippen MR) is 124 cm³/mol. The van der Waals surface area contributed by atoms with E-state index in [-0.39, 0.29) is 12.2 Å². The number of hydrogen-bond acceptors (Lipinski definition) is 11. The molecule has 0 aliphatic carbocycles. The molecule has 6 rings (SSSR count). The normalized spacial score (nSPS) is 17.7. The van der Waals surface area contributed by atoms with Crippen LogP contribution in [0, 0.1) is 0 Å². The van der Waals surface area contributed by atoms with Crippen LogP contribution in [0.25, 0.3) is 22.4 Å². The van der Waals surface area contributed by atoms with Crippen LogP contribution >= 0.6 is 11.8 Å². The molecule has 1 fully saturated rings. The van der Waals surface area contributed by atoms with Crippen molar-refractivity contribution < 1.29 is 27.8 Å². The monoisotopic (exact) mass is 485 g/mol. The second-order valence-corrected chi connectivity index (χ2v) is 8.78. The molecule has 0 radical (unpaired) electrons. The fraction of sp³-hybridized carbons (Fsp3) is 0.364. The molecule has 2 aliphatic heterocycles. The molecule has 0 saturated carbocycles. The topological polar surface area (TPSA) is 109 Å². The minimum absolute atomic E-state index is 0.156. The molecular weight excluding hydrogens is 462 g/mol. The van der Waals surface area contributed by atoms with Crippen molar-refractivity contribution in [3.63, 3.8) is 0 Å². The molecule has 178 valence electrons. The standard InChI is InChI=1S/C22H23N5O6S/c1-28-14-7-17(31-11-13-12-32-20(23-13)26-3-5-30-6-4-26)15-9-19(33-18(15)8-14)16-10-27-21(24-16)34-22(25-27)29-2/h7-10,12,22,25H,3-6,11H2,1-2H3. The zero-order valence-corrected chi connectivity index (χ0v) is 19.5. The molecule has 1 N–H and O–H groups in total. The summed E-state index contributed by atoms with van der Waals surface area (Å²) in [5, 5.41) is 1.62. The third kappa shape index (κ3) is 3.93. The van der Waals surface area contributed by atoms with Gasteiger partial charge in [0.05, 0.1) is 31.9 Å². The fourth-order valence-corrected chi connectivity index (χ4v) is 4.68. The summed E-state index contributed by atoms with van der Waals surface area (Å²) in [7, 11) is 3.25. The van der Waals surface area contributed by atoms with Gasteiger partial charge >= 0.3 is 0 Å². The van der Waals surface area contributed by atoms with Crippen LogP contribution in [-0.4, -0.2) is 60.7 Å². The van der Waals surface area contributed by atoms with Crippen LogP contribution in [0.3, 0.4) is 0 Å². The van der Waals surface area contributed by atoms with Gasteiger partial charge in [-0.15, -0.1) is 0 Å². The molecule has 12 heteroatoms. The minimum atomic E-state index is -0.156. The van der Waals surface area contributed by atoms with Gasteiger partial charge in [-0.2, -0.15) is 4.98 Å². The fourth-order valence-electron chi connectivity index (χ4n) is 3.85. The van der Waals surface area contributed by atoms with E-state index in [1.54, 1.807) is 20.5 Å². The number of hydrogen-bond donors (Lipinski definition) is 1. The summed E-state index contributed by atoms with van der Waals surface area (Å²) < 4.78 is 35.8. The zero-order valence-electron chi connectivity index (χ0n) is 18.6. The number of fused-ring (bicyclic) bond motifs is 2. The van der Waals surface area contributed by atoms with E-state index in [2.05, 4.69) is 20.3 Å². The summed E-state index contributed by atoms with van der Waals surface area (Å²) in [6.45, 7) is 3.09. The number of benzene rings is 1. The van der Waals surface area contributed by atoms with Crippen LogP contribution < -0.4 is 19.8 Å². The molecule has 4 aromatic rings. The van der Waals surface area contributed by atoms with Gasteiger partial charge in [-0.25, -0.2) is 9.66 Å². The van der Waals surface area contributed by atoms with Crippen molar-refractivity contribution in [1.82, 2.24) is 14.6 Å². The number of thioether (sulfide) groups is 1. The summed E-state index contributed by atoms with van der Waals surface area (Å²) in [6, 6.07) is 6.16. The Kier molecular flexibility index (Phi) is 5.47. The maximum atomic E-state index is 6.12. The number of imidazole rings is 1. The van der Waals surface area contributed by atoms with Gasteiger partial charge in [-0.05, 0) is 17.8 Å². The largest absolute Gasteiger partial charge is 0.496 e. The van der Waals surface area contributed by atoms with Gasteiger partial charge in [0.25, 0.3) is 6.01 Å². The Balaban J connectivity index is 1.24. The highest BCUT2D eigenvalue weighted by atomic mass is 32.2. The van der Waals surface area contributed by atoms with Crippen molar-refractivity contribution in [2.45, 2.75) is 17.3 Å². The van der Waals surface area contributed by atoms with Gasteiger partial charge in [-0.1, -0.05) is 0 Å². The van der Waals surface area contributed by atoms with E-state index in [0.717, 1.165) is 23.6 Å². The van der Waals surface area contributed by atoms with Crippen molar-refractivity contribution >= 4 is 28.7 Å². The first-order valence-corrected chi connectivity index (χ1v) is 11.7. The first-order valence-electron chi connectivity index (χ1n) is 10.8. The minimum Gasteiger partial charge on any atom is -0.496 e. The molecule has 1 unspecified atom stereocenters. The van der Waals surface area contributed by atoms with Gasteiger partial charge in [0.2, 0.25) is 0 Å². The number of methoxy groups -OCH3 is 2. The Morgan fingerprint density at radius 2 is 2.06 bits per heavy atom. The molecule has 0 spiro atoms. The SMILES string of the molecule is COc1cc(OCc2coc(N3CCOCC3)n2)c2cc(-c3cn4c(n3)SC(OC)N4)oc2c1. The first-order chi connectivity index (χ1) is 16.7. The molecule has 3 aromatic heterocycles. The summed E-state index contributed by atoms with van der Waals surface area (Å²) >= 11 is 1.49. The second-order valence-electron chi connectivity index (χ2n) is 7.75. The van der Waals surface area contributed by atoms with Crippen molar-refractivity contribution in [3.05, 3.63) is 36.4 Å². The van der Waals surface area contributed by atoms with Crippen molar-refractivity contribution in [2.24, 2.45) is 0 Å². The van der Waals surface area contributed by atoms with E-state index in [4.69, 9.17) is 27.8 Å². The Labute approximate surface area is 198 Å².